The van der Waals surface area contributed by atoms with Crippen LogP contribution in [0.1, 0.15) is 21.6 Å². The summed E-state index contributed by atoms with van der Waals surface area (Å²) < 4.78 is 68.3. The Bertz CT molecular complexity index is 1320. The molecule has 1 N–H and O–H groups in total. The standard InChI is InChI=1S/C20H13F3N4O4S/c1-32(29,30)16-4-2-3-13(8-16)27-18(28)17-7-12(20(21,22)23)10-26-19(17)31-15-6-5-14(9-24)25-11-15/h2-8,10-11H,1H3,(H,27,28). The Morgan fingerprint density at radius 1 is 1.12 bits per heavy atom. The van der Waals surface area contributed by atoms with Crippen molar-refractivity contribution < 1.29 is 31.1 Å². The fourth-order valence-corrected chi connectivity index (χ4v) is 3.14. The lowest BCUT2D eigenvalue weighted by Gasteiger charge is -2.13. The molecule has 0 bridgehead atoms. The summed E-state index contributed by atoms with van der Waals surface area (Å²) in [6, 6.07) is 10.2. The normalized spacial score (nSPS) is 11.5. The zero-order valence-corrected chi connectivity index (χ0v) is 17.0. The summed E-state index contributed by atoms with van der Waals surface area (Å²) in [6.45, 7) is 0. The van der Waals surface area contributed by atoms with Gasteiger partial charge in [-0.3, -0.25) is 4.79 Å². The molecule has 1 aromatic carbocycles. The summed E-state index contributed by atoms with van der Waals surface area (Å²) >= 11 is 0. The topological polar surface area (TPSA) is 122 Å². The number of nitrogens with zero attached hydrogens (tertiary/aromatic N) is 3. The first-order valence-corrected chi connectivity index (χ1v) is 10.6. The number of rotatable bonds is 5. The van der Waals surface area contributed by atoms with E-state index in [1.165, 1.54) is 36.4 Å². The Morgan fingerprint density at radius 3 is 2.47 bits per heavy atom. The molecule has 0 fully saturated rings. The number of halogens is 3. The van der Waals surface area contributed by atoms with Crippen LogP contribution in [0.5, 0.6) is 11.6 Å². The number of anilines is 1. The molecule has 2 heterocycles. The van der Waals surface area contributed by atoms with Crippen molar-refractivity contribution in [1.29, 1.82) is 5.26 Å². The van der Waals surface area contributed by atoms with E-state index in [2.05, 4.69) is 15.3 Å². The van der Waals surface area contributed by atoms with Crippen LogP contribution in [0, 0.1) is 11.3 Å². The largest absolute Gasteiger partial charge is 0.437 e. The molecule has 0 saturated carbocycles. The number of nitrogens with one attached hydrogen (secondary N) is 1. The van der Waals surface area contributed by atoms with Gasteiger partial charge >= 0.3 is 6.18 Å². The fourth-order valence-electron chi connectivity index (χ4n) is 2.47. The highest BCUT2D eigenvalue weighted by Crippen LogP contribution is 2.33. The summed E-state index contributed by atoms with van der Waals surface area (Å²) in [7, 11) is -3.57. The van der Waals surface area contributed by atoms with Crippen LogP contribution in [0.2, 0.25) is 0 Å². The molecule has 3 aromatic rings. The molecule has 0 aliphatic carbocycles. The van der Waals surface area contributed by atoms with Gasteiger partial charge in [-0.2, -0.15) is 18.4 Å². The van der Waals surface area contributed by atoms with Crippen molar-refractivity contribution in [1.82, 2.24) is 9.97 Å². The average Bonchev–Trinajstić information content (AvgIpc) is 2.73. The van der Waals surface area contributed by atoms with E-state index in [0.717, 1.165) is 12.5 Å². The molecule has 0 aliphatic rings. The third-order valence-corrected chi connectivity index (χ3v) is 5.12. The zero-order chi connectivity index (χ0) is 23.5. The van der Waals surface area contributed by atoms with Crippen LogP contribution in [0.25, 0.3) is 0 Å². The maximum atomic E-state index is 13.2. The van der Waals surface area contributed by atoms with Crippen molar-refractivity contribution in [3.8, 4) is 17.7 Å². The van der Waals surface area contributed by atoms with Gasteiger partial charge in [0.2, 0.25) is 5.88 Å². The van der Waals surface area contributed by atoms with E-state index >= 15 is 0 Å². The minimum absolute atomic E-state index is 0.0318. The highest BCUT2D eigenvalue weighted by Gasteiger charge is 2.33. The van der Waals surface area contributed by atoms with E-state index < -0.39 is 38.9 Å². The van der Waals surface area contributed by atoms with Gasteiger partial charge < -0.3 is 10.1 Å². The Kier molecular flexibility index (Phi) is 6.13. The highest BCUT2D eigenvalue weighted by molar-refractivity contribution is 7.90. The van der Waals surface area contributed by atoms with Crippen molar-refractivity contribution in [2.24, 2.45) is 0 Å². The van der Waals surface area contributed by atoms with Crippen LogP contribution >= 0.6 is 0 Å². The van der Waals surface area contributed by atoms with Gasteiger partial charge in [0.05, 0.1) is 16.7 Å². The molecule has 164 valence electrons. The first-order valence-electron chi connectivity index (χ1n) is 8.70. The van der Waals surface area contributed by atoms with Gasteiger partial charge in [-0.15, -0.1) is 0 Å². The molecule has 0 spiro atoms. The second-order valence-electron chi connectivity index (χ2n) is 6.42. The molecule has 0 unspecified atom stereocenters. The van der Waals surface area contributed by atoms with Crippen molar-refractivity contribution in [3.63, 3.8) is 0 Å². The molecule has 32 heavy (non-hydrogen) atoms. The first-order chi connectivity index (χ1) is 15.0. The molecule has 0 atom stereocenters. The lowest BCUT2D eigenvalue weighted by molar-refractivity contribution is -0.137. The summed E-state index contributed by atoms with van der Waals surface area (Å²) in [5.41, 5.74) is -1.60. The van der Waals surface area contributed by atoms with Crippen LogP contribution in [0.4, 0.5) is 18.9 Å². The number of pyridine rings is 2. The summed E-state index contributed by atoms with van der Waals surface area (Å²) in [4.78, 5) is 20.1. The molecule has 0 radical (unpaired) electrons. The minimum Gasteiger partial charge on any atom is -0.437 e. The van der Waals surface area contributed by atoms with Gasteiger partial charge in [-0.25, -0.2) is 18.4 Å². The summed E-state index contributed by atoms with van der Waals surface area (Å²) in [6.07, 6.45) is -2.14. The second-order valence-corrected chi connectivity index (χ2v) is 8.44. The van der Waals surface area contributed by atoms with Gasteiger partial charge in [0.15, 0.2) is 9.84 Å². The molecular weight excluding hydrogens is 449 g/mol. The maximum absolute atomic E-state index is 13.2. The lowest BCUT2D eigenvalue weighted by Crippen LogP contribution is -2.16. The number of carbonyl (C=O) groups excluding carboxylic acids is 1. The molecule has 0 aliphatic heterocycles. The van der Waals surface area contributed by atoms with Crippen molar-refractivity contribution in [3.05, 3.63) is 71.7 Å². The number of hydrogen-bond donors (Lipinski definition) is 1. The maximum Gasteiger partial charge on any atom is 0.417 e. The van der Waals surface area contributed by atoms with Gasteiger partial charge in [0, 0.05) is 18.1 Å². The van der Waals surface area contributed by atoms with Crippen LogP contribution in [0.3, 0.4) is 0 Å². The number of hydrogen-bond acceptors (Lipinski definition) is 7. The summed E-state index contributed by atoms with van der Waals surface area (Å²) in [5, 5.41) is 11.1. The van der Waals surface area contributed by atoms with Gasteiger partial charge in [0.1, 0.15) is 23.1 Å². The number of amides is 1. The monoisotopic (exact) mass is 462 g/mol. The average molecular weight is 462 g/mol. The van der Waals surface area contributed by atoms with E-state index in [1.54, 1.807) is 6.07 Å². The van der Waals surface area contributed by atoms with E-state index in [9.17, 15) is 26.4 Å². The smallest absolute Gasteiger partial charge is 0.417 e. The molecular formula is C20H13F3N4O4S. The van der Waals surface area contributed by atoms with Gasteiger partial charge in [-0.1, -0.05) is 6.07 Å². The molecule has 2 aromatic heterocycles. The van der Waals surface area contributed by atoms with Crippen LogP contribution in [-0.2, 0) is 16.0 Å². The summed E-state index contributed by atoms with van der Waals surface area (Å²) in [5.74, 6) is -1.42. The van der Waals surface area contributed by atoms with Gasteiger partial charge in [-0.05, 0) is 36.4 Å². The number of alkyl halides is 3. The van der Waals surface area contributed by atoms with E-state index in [4.69, 9.17) is 10.00 Å². The molecule has 12 heteroatoms. The Hall–Kier alpha value is -3.98. The minimum atomic E-state index is -4.77. The fraction of sp³-hybridized carbons (Fsp3) is 0.100. The zero-order valence-electron chi connectivity index (χ0n) is 16.2. The van der Waals surface area contributed by atoms with E-state index in [0.29, 0.717) is 12.3 Å². The Labute approximate surface area is 180 Å². The number of ether oxygens (including phenoxy) is 1. The molecule has 0 saturated heterocycles. The van der Waals surface area contributed by atoms with Crippen LogP contribution in [-0.4, -0.2) is 30.5 Å². The quantitative estimate of drug-likeness (QED) is 0.612. The number of sulfone groups is 1. The van der Waals surface area contributed by atoms with Crippen molar-refractivity contribution in [2.75, 3.05) is 11.6 Å². The molecule has 3 rings (SSSR count). The number of aromatic nitrogens is 2. The number of nitriles is 1. The van der Waals surface area contributed by atoms with Gasteiger partial charge in [0.25, 0.3) is 5.91 Å². The van der Waals surface area contributed by atoms with Crippen molar-refractivity contribution >= 4 is 21.4 Å². The van der Waals surface area contributed by atoms with Crippen molar-refractivity contribution in [2.45, 2.75) is 11.1 Å². The third-order valence-electron chi connectivity index (χ3n) is 4.01. The number of carbonyl (C=O) groups is 1. The Balaban J connectivity index is 1.98. The highest BCUT2D eigenvalue weighted by atomic mass is 32.2. The third kappa shape index (κ3) is 5.38. The number of benzene rings is 1. The first kappa shape index (κ1) is 22.7. The Morgan fingerprint density at radius 2 is 1.88 bits per heavy atom. The van der Waals surface area contributed by atoms with Crippen LogP contribution < -0.4 is 10.1 Å². The predicted molar refractivity (Wildman–Crippen MR) is 106 cm³/mol. The molecule has 1 amide bonds. The second kappa shape index (κ2) is 8.64. The SMILES string of the molecule is CS(=O)(=O)c1cccc(NC(=O)c2cc(C(F)(F)F)cnc2Oc2ccc(C#N)nc2)c1. The van der Waals surface area contributed by atoms with E-state index in [1.807, 2.05) is 0 Å². The predicted octanol–water partition coefficient (Wildman–Crippen LogP) is 3.82. The lowest BCUT2D eigenvalue weighted by atomic mass is 10.1. The van der Waals surface area contributed by atoms with Crippen LogP contribution in [0.15, 0.2) is 59.8 Å². The molecule has 8 nitrogen and oxygen atoms in total. The van der Waals surface area contributed by atoms with E-state index in [-0.39, 0.29) is 22.0 Å².